The van der Waals surface area contributed by atoms with Gasteiger partial charge in [0.2, 0.25) is 5.95 Å². The van der Waals surface area contributed by atoms with Gasteiger partial charge in [-0.1, -0.05) is 30.3 Å². The summed E-state index contributed by atoms with van der Waals surface area (Å²) in [5.41, 5.74) is 9.86. The van der Waals surface area contributed by atoms with Gasteiger partial charge < -0.3 is 11.1 Å². The number of benzene rings is 1. The van der Waals surface area contributed by atoms with Gasteiger partial charge in [-0.3, -0.25) is 4.40 Å². The predicted molar refractivity (Wildman–Crippen MR) is 104 cm³/mol. The second kappa shape index (κ2) is 6.77. The van der Waals surface area contributed by atoms with Crippen LogP contribution in [0.3, 0.4) is 0 Å². The van der Waals surface area contributed by atoms with Gasteiger partial charge >= 0.3 is 0 Å². The van der Waals surface area contributed by atoms with Crippen LogP contribution in [0.4, 0.5) is 11.6 Å². The summed E-state index contributed by atoms with van der Waals surface area (Å²) >= 11 is 0. The maximum absolute atomic E-state index is 9.49. The van der Waals surface area contributed by atoms with Gasteiger partial charge in [-0.2, -0.15) is 5.26 Å². The number of nitrogens with zero attached hydrogens (tertiary/aromatic N) is 5. The fraction of sp³-hybridized carbons (Fsp3) is 0.100. The summed E-state index contributed by atoms with van der Waals surface area (Å²) < 4.78 is 1.82. The van der Waals surface area contributed by atoms with Crippen molar-refractivity contribution in [1.29, 1.82) is 5.26 Å². The third kappa shape index (κ3) is 3.04. The number of aromatic nitrogens is 4. The van der Waals surface area contributed by atoms with Crippen LogP contribution in [0, 0.1) is 11.3 Å². The average Bonchev–Trinajstić information content (AvgIpc) is 3.14. The highest BCUT2D eigenvalue weighted by molar-refractivity contribution is 5.72. The number of nitrogens with one attached hydrogen (secondary N) is 1. The highest BCUT2D eigenvalue weighted by Crippen LogP contribution is 2.26. The molecule has 7 heteroatoms. The Morgan fingerprint density at radius 2 is 1.93 bits per heavy atom. The minimum atomic E-state index is 0.0183. The van der Waals surface area contributed by atoms with E-state index >= 15 is 0 Å². The molecule has 3 aromatic heterocycles. The molecular formula is C20H17N7. The topological polar surface area (TPSA) is 105 Å². The van der Waals surface area contributed by atoms with E-state index in [2.05, 4.69) is 26.3 Å². The molecule has 0 aliphatic carbocycles. The summed E-state index contributed by atoms with van der Waals surface area (Å²) in [6.45, 7) is 2.03. The molecule has 0 saturated carbocycles. The van der Waals surface area contributed by atoms with E-state index in [4.69, 9.17) is 5.73 Å². The SMILES string of the molecule is C[C@H](Nc1ncc(C#N)c(-c2cnc3c(N)cccn23)n1)c1ccccc1. The van der Waals surface area contributed by atoms with Crippen molar-refractivity contribution in [3.63, 3.8) is 0 Å². The average molecular weight is 355 g/mol. The second-order valence-corrected chi connectivity index (χ2v) is 6.14. The molecule has 4 rings (SSSR count). The Bertz CT molecular complexity index is 1140. The summed E-state index contributed by atoms with van der Waals surface area (Å²) in [4.78, 5) is 13.2. The van der Waals surface area contributed by atoms with Crippen molar-refractivity contribution in [1.82, 2.24) is 19.4 Å². The Hall–Kier alpha value is -3.92. The standard InChI is InChI=1S/C20H17N7/c1-13(14-6-3-2-4-7-14)25-20-24-11-15(10-21)18(26-20)17-12-23-19-16(22)8-5-9-27(17)19/h2-9,11-13H,22H2,1H3,(H,24,25,26)/t13-/m0/s1. The number of nitrogens with two attached hydrogens (primary N) is 1. The Morgan fingerprint density at radius 1 is 1.11 bits per heavy atom. The molecule has 0 spiro atoms. The molecule has 0 fully saturated rings. The normalized spacial score (nSPS) is 11.9. The first-order valence-electron chi connectivity index (χ1n) is 8.48. The first-order valence-corrected chi connectivity index (χ1v) is 8.48. The Balaban J connectivity index is 1.75. The second-order valence-electron chi connectivity index (χ2n) is 6.14. The third-order valence-electron chi connectivity index (χ3n) is 4.36. The van der Waals surface area contributed by atoms with Gasteiger partial charge in [-0.05, 0) is 24.6 Å². The Kier molecular flexibility index (Phi) is 4.15. The quantitative estimate of drug-likeness (QED) is 0.581. The fourth-order valence-electron chi connectivity index (χ4n) is 2.95. The Labute approximate surface area is 156 Å². The molecule has 1 atom stereocenters. The summed E-state index contributed by atoms with van der Waals surface area (Å²) in [7, 11) is 0. The summed E-state index contributed by atoms with van der Waals surface area (Å²) in [6.07, 6.45) is 5.03. The van der Waals surface area contributed by atoms with Crippen molar-refractivity contribution < 1.29 is 0 Å². The van der Waals surface area contributed by atoms with Crippen molar-refractivity contribution in [2.45, 2.75) is 13.0 Å². The number of nitrogen functional groups attached to an aromatic ring is 1. The van der Waals surface area contributed by atoms with E-state index in [0.29, 0.717) is 34.2 Å². The van der Waals surface area contributed by atoms with Crippen LogP contribution in [0.5, 0.6) is 0 Å². The van der Waals surface area contributed by atoms with Crippen molar-refractivity contribution in [2.75, 3.05) is 11.1 Å². The van der Waals surface area contributed by atoms with Crippen molar-refractivity contribution in [3.05, 3.63) is 72.2 Å². The van der Waals surface area contributed by atoms with Gasteiger partial charge in [0.15, 0.2) is 5.65 Å². The van der Waals surface area contributed by atoms with Crippen LogP contribution < -0.4 is 11.1 Å². The molecule has 0 saturated heterocycles. The Morgan fingerprint density at radius 3 is 2.70 bits per heavy atom. The summed E-state index contributed by atoms with van der Waals surface area (Å²) in [5, 5.41) is 12.8. The smallest absolute Gasteiger partial charge is 0.223 e. The van der Waals surface area contributed by atoms with E-state index in [9.17, 15) is 5.26 Å². The van der Waals surface area contributed by atoms with E-state index in [0.717, 1.165) is 5.56 Å². The zero-order chi connectivity index (χ0) is 18.8. The van der Waals surface area contributed by atoms with Crippen molar-refractivity contribution >= 4 is 17.3 Å². The molecule has 0 bridgehead atoms. The zero-order valence-corrected chi connectivity index (χ0v) is 14.7. The van der Waals surface area contributed by atoms with E-state index in [-0.39, 0.29) is 6.04 Å². The van der Waals surface area contributed by atoms with Crippen LogP contribution in [0.25, 0.3) is 17.0 Å². The van der Waals surface area contributed by atoms with Crippen LogP contribution in [0.2, 0.25) is 0 Å². The number of anilines is 2. The van der Waals surface area contributed by atoms with Crippen LogP contribution in [-0.4, -0.2) is 19.4 Å². The van der Waals surface area contributed by atoms with E-state index < -0.39 is 0 Å². The lowest BCUT2D eigenvalue weighted by molar-refractivity contribution is 0.860. The van der Waals surface area contributed by atoms with E-state index in [1.165, 1.54) is 6.20 Å². The van der Waals surface area contributed by atoms with E-state index in [1.807, 2.05) is 53.9 Å². The molecule has 7 nitrogen and oxygen atoms in total. The largest absolute Gasteiger partial charge is 0.396 e. The number of pyridine rings is 1. The van der Waals surface area contributed by atoms with Gasteiger partial charge in [-0.15, -0.1) is 0 Å². The number of fused-ring (bicyclic) bond motifs is 1. The fourth-order valence-corrected chi connectivity index (χ4v) is 2.95. The van der Waals surface area contributed by atoms with Gasteiger partial charge in [-0.25, -0.2) is 15.0 Å². The molecule has 0 aliphatic rings. The van der Waals surface area contributed by atoms with Gasteiger partial charge in [0.25, 0.3) is 0 Å². The van der Waals surface area contributed by atoms with Crippen LogP contribution in [-0.2, 0) is 0 Å². The van der Waals surface area contributed by atoms with Crippen molar-refractivity contribution in [3.8, 4) is 17.5 Å². The highest BCUT2D eigenvalue weighted by Gasteiger charge is 2.16. The van der Waals surface area contributed by atoms with Crippen molar-refractivity contribution in [2.24, 2.45) is 0 Å². The number of hydrogen-bond donors (Lipinski definition) is 2. The van der Waals surface area contributed by atoms with Crippen LogP contribution in [0.1, 0.15) is 24.1 Å². The minimum absolute atomic E-state index is 0.0183. The summed E-state index contributed by atoms with van der Waals surface area (Å²) in [5.74, 6) is 0.444. The molecule has 0 aliphatic heterocycles. The third-order valence-corrected chi connectivity index (χ3v) is 4.36. The number of nitriles is 1. The maximum Gasteiger partial charge on any atom is 0.223 e. The molecule has 3 N–H and O–H groups in total. The number of rotatable bonds is 4. The lowest BCUT2D eigenvalue weighted by Gasteiger charge is -2.15. The number of hydrogen-bond acceptors (Lipinski definition) is 6. The number of imidazole rings is 1. The minimum Gasteiger partial charge on any atom is -0.396 e. The van der Waals surface area contributed by atoms with Gasteiger partial charge in [0.05, 0.1) is 35.4 Å². The first-order chi connectivity index (χ1) is 13.2. The molecule has 0 amide bonds. The monoisotopic (exact) mass is 355 g/mol. The first kappa shape index (κ1) is 16.5. The van der Waals surface area contributed by atoms with Crippen LogP contribution >= 0.6 is 0 Å². The molecule has 3 heterocycles. The van der Waals surface area contributed by atoms with E-state index in [1.54, 1.807) is 12.3 Å². The zero-order valence-electron chi connectivity index (χ0n) is 14.7. The molecule has 1 aromatic carbocycles. The maximum atomic E-state index is 9.49. The molecular weight excluding hydrogens is 338 g/mol. The predicted octanol–water partition coefficient (Wildman–Crippen LogP) is 3.42. The van der Waals surface area contributed by atoms with Crippen LogP contribution in [0.15, 0.2) is 61.1 Å². The molecule has 4 aromatic rings. The van der Waals surface area contributed by atoms with Gasteiger partial charge in [0.1, 0.15) is 11.8 Å². The lowest BCUT2D eigenvalue weighted by Crippen LogP contribution is -2.10. The lowest BCUT2D eigenvalue weighted by atomic mass is 10.1. The molecule has 27 heavy (non-hydrogen) atoms. The molecule has 0 radical (unpaired) electrons. The highest BCUT2D eigenvalue weighted by atomic mass is 15.1. The molecule has 0 unspecified atom stereocenters. The molecule has 132 valence electrons. The summed E-state index contributed by atoms with van der Waals surface area (Å²) in [6, 6.07) is 15.8. The van der Waals surface area contributed by atoms with Gasteiger partial charge in [0, 0.05) is 6.20 Å².